The number of nitrogens with zero attached hydrogens (tertiary/aromatic N) is 1. The van der Waals surface area contributed by atoms with Crippen LogP contribution in [0.15, 0.2) is 35.8 Å². The van der Waals surface area contributed by atoms with Crippen LogP contribution >= 0.6 is 11.3 Å². The van der Waals surface area contributed by atoms with Gasteiger partial charge in [-0.15, -0.1) is 11.3 Å². The molecule has 76 valence electrons. The molecule has 2 heterocycles. The predicted octanol–water partition coefficient (Wildman–Crippen LogP) is 1.98. The summed E-state index contributed by atoms with van der Waals surface area (Å²) in [6.07, 6.45) is 1.58. The maximum absolute atomic E-state index is 11.6. The van der Waals surface area contributed by atoms with Crippen molar-refractivity contribution in [3.05, 3.63) is 40.7 Å². The largest absolute Gasteiger partial charge is 0.396 e. The number of carbonyl (C=O) groups is 1. The molecule has 0 bridgehead atoms. The van der Waals surface area contributed by atoms with E-state index < -0.39 is 0 Å². The SMILES string of the molecule is Nc1cccnc1NC(=O)c1cccs1. The van der Waals surface area contributed by atoms with Crippen molar-refractivity contribution >= 4 is 28.7 Å². The third-order valence-corrected chi connectivity index (χ3v) is 2.68. The highest BCUT2D eigenvalue weighted by Gasteiger charge is 2.08. The van der Waals surface area contributed by atoms with E-state index in [-0.39, 0.29) is 5.91 Å². The predicted molar refractivity (Wildman–Crippen MR) is 60.9 cm³/mol. The average Bonchev–Trinajstić information content (AvgIpc) is 2.74. The Balaban J connectivity index is 2.17. The zero-order chi connectivity index (χ0) is 10.7. The first-order chi connectivity index (χ1) is 7.27. The number of amides is 1. The van der Waals surface area contributed by atoms with E-state index in [9.17, 15) is 4.79 Å². The average molecular weight is 219 g/mol. The van der Waals surface area contributed by atoms with Crippen LogP contribution in [0.5, 0.6) is 0 Å². The Kier molecular flexibility index (Phi) is 2.64. The summed E-state index contributed by atoms with van der Waals surface area (Å²) in [5, 5.41) is 4.49. The molecule has 0 aliphatic heterocycles. The summed E-state index contributed by atoms with van der Waals surface area (Å²) in [6, 6.07) is 6.98. The maximum atomic E-state index is 11.6. The number of hydrogen-bond donors (Lipinski definition) is 2. The van der Waals surface area contributed by atoms with Crippen LogP contribution in [0.1, 0.15) is 9.67 Å². The minimum atomic E-state index is -0.185. The second-order valence-corrected chi connectivity index (χ2v) is 3.82. The lowest BCUT2D eigenvalue weighted by Crippen LogP contribution is -2.12. The number of thiophene rings is 1. The maximum Gasteiger partial charge on any atom is 0.266 e. The summed E-state index contributed by atoms with van der Waals surface area (Å²) in [4.78, 5) is 16.2. The molecule has 0 aromatic carbocycles. The highest BCUT2D eigenvalue weighted by atomic mass is 32.1. The van der Waals surface area contributed by atoms with Crippen molar-refractivity contribution in [1.82, 2.24) is 4.98 Å². The molecule has 4 nitrogen and oxygen atoms in total. The minimum absolute atomic E-state index is 0.185. The molecule has 0 aliphatic rings. The van der Waals surface area contributed by atoms with E-state index in [1.807, 2.05) is 11.4 Å². The fourth-order valence-corrected chi connectivity index (χ4v) is 1.72. The highest BCUT2D eigenvalue weighted by Crippen LogP contribution is 2.16. The Bertz CT molecular complexity index is 467. The number of aromatic nitrogens is 1. The summed E-state index contributed by atoms with van der Waals surface area (Å²) >= 11 is 1.38. The first-order valence-electron chi connectivity index (χ1n) is 4.33. The molecular formula is C10H9N3OS. The Labute approximate surface area is 90.8 Å². The van der Waals surface area contributed by atoms with Gasteiger partial charge in [0.15, 0.2) is 5.82 Å². The lowest BCUT2D eigenvalue weighted by molar-refractivity contribution is 0.103. The lowest BCUT2D eigenvalue weighted by atomic mass is 10.4. The van der Waals surface area contributed by atoms with Crippen LogP contribution in [0.4, 0.5) is 11.5 Å². The number of nitrogen functional groups attached to an aromatic ring is 1. The molecule has 15 heavy (non-hydrogen) atoms. The van der Waals surface area contributed by atoms with Crippen LogP contribution in [0, 0.1) is 0 Å². The Morgan fingerprint density at radius 3 is 2.93 bits per heavy atom. The van der Waals surface area contributed by atoms with Gasteiger partial charge in [0, 0.05) is 6.20 Å². The molecule has 2 rings (SSSR count). The molecule has 0 radical (unpaired) electrons. The Hall–Kier alpha value is -1.88. The molecule has 0 spiro atoms. The summed E-state index contributed by atoms with van der Waals surface area (Å²) in [5.74, 6) is 0.214. The van der Waals surface area contributed by atoms with Crippen molar-refractivity contribution in [3.63, 3.8) is 0 Å². The molecule has 0 atom stereocenters. The van der Waals surface area contributed by atoms with E-state index >= 15 is 0 Å². The molecule has 0 saturated carbocycles. The monoisotopic (exact) mass is 219 g/mol. The number of rotatable bonds is 2. The van der Waals surface area contributed by atoms with Gasteiger partial charge in [-0.05, 0) is 23.6 Å². The van der Waals surface area contributed by atoms with Crippen molar-refractivity contribution in [2.75, 3.05) is 11.1 Å². The van der Waals surface area contributed by atoms with Crippen LogP contribution in [-0.4, -0.2) is 10.9 Å². The molecule has 0 fully saturated rings. The van der Waals surface area contributed by atoms with E-state index in [4.69, 9.17) is 5.73 Å². The van der Waals surface area contributed by atoms with Crippen molar-refractivity contribution in [2.24, 2.45) is 0 Å². The minimum Gasteiger partial charge on any atom is -0.396 e. The van der Waals surface area contributed by atoms with E-state index in [0.29, 0.717) is 16.4 Å². The summed E-state index contributed by atoms with van der Waals surface area (Å²) in [7, 11) is 0. The number of anilines is 2. The Morgan fingerprint density at radius 1 is 1.40 bits per heavy atom. The second-order valence-electron chi connectivity index (χ2n) is 2.87. The fraction of sp³-hybridized carbons (Fsp3) is 0. The van der Waals surface area contributed by atoms with Crippen molar-refractivity contribution in [3.8, 4) is 0 Å². The van der Waals surface area contributed by atoms with Gasteiger partial charge in [-0.1, -0.05) is 6.07 Å². The second kappa shape index (κ2) is 4.10. The smallest absolute Gasteiger partial charge is 0.266 e. The van der Waals surface area contributed by atoms with E-state index in [0.717, 1.165) is 0 Å². The number of nitrogens with two attached hydrogens (primary N) is 1. The molecule has 2 aromatic heterocycles. The molecule has 3 N–H and O–H groups in total. The highest BCUT2D eigenvalue weighted by molar-refractivity contribution is 7.12. The quantitative estimate of drug-likeness (QED) is 0.811. The molecular weight excluding hydrogens is 210 g/mol. The topological polar surface area (TPSA) is 68.0 Å². The zero-order valence-corrected chi connectivity index (χ0v) is 8.62. The fourth-order valence-electron chi connectivity index (χ4n) is 1.10. The van der Waals surface area contributed by atoms with Crippen molar-refractivity contribution in [2.45, 2.75) is 0 Å². The zero-order valence-electron chi connectivity index (χ0n) is 7.81. The van der Waals surface area contributed by atoms with Crippen LogP contribution in [0.2, 0.25) is 0 Å². The molecule has 1 amide bonds. The van der Waals surface area contributed by atoms with Gasteiger partial charge in [0.1, 0.15) is 0 Å². The molecule has 0 unspecified atom stereocenters. The Morgan fingerprint density at radius 2 is 2.27 bits per heavy atom. The van der Waals surface area contributed by atoms with Gasteiger partial charge < -0.3 is 11.1 Å². The van der Waals surface area contributed by atoms with E-state index in [1.54, 1.807) is 24.4 Å². The van der Waals surface area contributed by atoms with Crippen LogP contribution < -0.4 is 11.1 Å². The van der Waals surface area contributed by atoms with Gasteiger partial charge in [-0.25, -0.2) is 4.98 Å². The van der Waals surface area contributed by atoms with Gasteiger partial charge in [-0.2, -0.15) is 0 Å². The standard InChI is InChI=1S/C10H9N3OS/c11-7-3-1-5-12-9(7)13-10(14)8-4-2-6-15-8/h1-6H,11H2,(H,12,13,14). The van der Waals surface area contributed by atoms with Gasteiger partial charge in [0.05, 0.1) is 10.6 Å². The molecule has 5 heteroatoms. The van der Waals surface area contributed by atoms with E-state index in [2.05, 4.69) is 10.3 Å². The van der Waals surface area contributed by atoms with Gasteiger partial charge in [0.2, 0.25) is 0 Å². The normalized spacial score (nSPS) is 9.87. The summed E-state index contributed by atoms with van der Waals surface area (Å²) in [6.45, 7) is 0. The van der Waals surface area contributed by atoms with Gasteiger partial charge in [-0.3, -0.25) is 4.79 Å². The molecule has 0 saturated heterocycles. The van der Waals surface area contributed by atoms with Crippen molar-refractivity contribution < 1.29 is 4.79 Å². The van der Waals surface area contributed by atoms with Crippen LogP contribution in [0.25, 0.3) is 0 Å². The van der Waals surface area contributed by atoms with Crippen LogP contribution in [-0.2, 0) is 0 Å². The number of pyridine rings is 1. The third kappa shape index (κ3) is 2.13. The first kappa shape index (κ1) is 9.67. The third-order valence-electron chi connectivity index (χ3n) is 1.82. The number of hydrogen-bond acceptors (Lipinski definition) is 4. The lowest BCUT2D eigenvalue weighted by Gasteiger charge is -2.04. The van der Waals surface area contributed by atoms with Gasteiger partial charge in [0.25, 0.3) is 5.91 Å². The molecule has 0 aliphatic carbocycles. The molecule has 2 aromatic rings. The van der Waals surface area contributed by atoms with E-state index in [1.165, 1.54) is 11.3 Å². The van der Waals surface area contributed by atoms with Gasteiger partial charge >= 0.3 is 0 Å². The number of nitrogens with one attached hydrogen (secondary N) is 1. The summed E-state index contributed by atoms with van der Waals surface area (Å²) < 4.78 is 0. The number of carbonyl (C=O) groups excluding carboxylic acids is 1. The summed E-state index contributed by atoms with van der Waals surface area (Å²) in [5.41, 5.74) is 6.11. The van der Waals surface area contributed by atoms with Crippen molar-refractivity contribution in [1.29, 1.82) is 0 Å². The first-order valence-corrected chi connectivity index (χ1v) is 5.20. The van der Waals surface area contributed by atoms with Crippen LogP contribution in [0.3, 0.4) is 0 Å².